The molecular weight excluding hydrogens is 400 g/mol. The van der Waals surface area contributed by atoms with Crippen LogP contribution < -0.4 is 5.32 Å². The average Bonchev–Trinajstić information content (AvgIpc) is 3.16. The van der Waals surface area contributed by atoms with Crippen molar-refractivity contribution >= 4 is 11.8 Å². The minimum atomic E-state index is -0.694. The molecule has 0 bridgehead atoms. The van der Waals surface area contributed by atoms with Crippen LogP contribution in [0.15, 0.2) is 66.9 Å². The molecule has 0 saturated heterocycles. The molecule has 3 aromatic rings. The summed E-state index contributed by atoms with van der Waals surface area (Å²) in [6.45, 7) is 0.286. The molecule has 2 aliphatic rings. The highest BCUT2D eigenvalue weighted by Gasteiger charge is 2.39. The van der Waals surface area contributed by atoms with Gasteiger partial charge in [0, 0.05) is 17.8 Å². The normalized spacial score (nSPS) is 17.1. The number of hydrogen-bond donors (Lipinski definition) is 1. The maximum atomic E-state index is 13.4. The molecule has 1 aliphatic carbocycles. The monoisotopic (exact) mass is 426 g/mol. The number of rotatable bonds is 5. The number of fused-ring (bicyclic) bond motifs is 1. The second-order valence-electron chi connectivity index (χ2n) is 8.51. The predicted molar refractivity (Wildman–Crippen MR) is 122 cm³/mol. The first-order chi connectivity index (χ1) is 15.7. The van der Waals surface area contributed by atoms with E-state index in [0.29, 0.717) is 17.1 Å². The lowest BCUT2D eigenvalue weighted by Gasteiger charge is -2.30. The maximum absolute atomic E-state index is 13.4. The molecule has 1 saturated carbocycles. The molecule has 1 fully saturated rings. The number of aromatic nitrogens is 2. The quantitative estimate of drug-likeness (QED) is 0.660. The molecule has 6 heteroatoms. The van der Waals surface area contributed by atoms with E-state index >= 15 is 0 Å². The highest BCUT2D eigenvalue weighted by Crippen LogP contribution is 2.32. The van der Waals surface area contributed by atoms with Crippen LogP contribution in [0.3, 0.4) is 0 Å². The number of nitrogens with zero attached hydrogens (tertiary/aromatic N) is 3. The molecular formula is C26H26N4O2. The van der Waals surface area contributed by atoms with Crippen molar-refractivity contribution < 1.29 is 9.59 Å². The highest BCUT2D eigenvalue weighted by atomic mass is 16.2. The van der Waals surface area contributed by atoms with E-state index in [1.54, 1.807) is 11.1 Å². The molecule has 0 spiro atoms. The lowest BCUT2D eigenvalue weighted by Crippen LogP contribution is -2.45. The van der Waals surface area contributed by atoms with Gasteiger partial charge in [0.15, 0.2) is 5.82 Å². The number of benzene rings is 2. The Labute approximate surface area is 187 Å². The molecule has 1 unspecified atom stereocenters. The summed E-state index contributed by atoms with van der Waals surface area (Å²) in [5, 5.41) is 3.21. The van der Waals surface area contributed by atoms with Gasteiger partial charge < -0.3 is 10.2 Å². The van der Waals surface area contributed by atoms with Gasteiger partial charge in [0.1, 0.15) is 6.04 Å². The van der Waals surface area contributed by atoms with Crippen LogP contribution in [0, 0.1) is 0 Å². The zero-order valence-corrected chi connectivity index (χ0v) is 17.9. The first kappa shape index (κ1) is 20.4. The van der Waals surface area contributed by atoms with E-state index in [0.717, 1.165) is 36.8 Å². The van der Waals surface area contributed by atoms with Crippen molar-refractivity contribution in [3.8, 4) is 11.4 Å². The largest absolute Gasteiger partial charge is 0.351 e. The second-order valence-corrected chi connectivity index (χ2v) is 8.51. The summed E-state index contributed by atoms with van der Waals surface area (Å²) < 4.78 is 0. The Morgan fingerprint density at radius 3 is 2.38 bits per heavy atom. The molecule has 1 N–H and O–H groups in total. The molecule has 2 aromatic carbocycles. The number of carbonyl (C=O) groups excluding carboxylic acids is 2. The minimum Gasteiger partial charge on any atom is -0.351 e. The maximum Gasteiger partial charge on any atom is 0.258 e. The molecule has 5 rings (SSSR count). The molecule has 2 amide bonds. The van der Waals surface area contributed by atoms with E-state index in [1.165, 1.54) is 6.42 Å². The molecule has 1 atom stereocenters. The van der Waals surface area contributed by atoms with Gasteiger partial charge >= 0.3 is 0 Å². The third-order valence-electron chi connectivity index (χ3n) is 6.34. The topological polar surface area (TPSA) is 75.2 Å². The van der Waals surface area contributed by atoms with Crippen LogP contribution in [0.25, 0.3) is 11.4 Å². The summed E-state index contributed by atoms with van der Waals surface area (Å²) in [5.41, 5.74) is 2.83. The summed E-state index contributed by atoms with van der Waals surface area (Å²) in [6.07, 6.45) is 7.06. The van der Waals surface area contributed by atoms with Crippen LogP contribution in [0.1, 0.15) is 59.8 Å². The van der Waals surface area contributed by atoms with Gasteiger partial charge in [0.05, 0.1) is 17.8 Å². The Kier molecular flexibility index (Phi) is 5.67. The van der Waals surface area contributed by atoms with E-state index < -0.39 is 6.04 Å². The first-order valence-electron chi connectivity index (χ1n) is 11.3. The fourth-order valence-electron chi connectivity index (χ4n) is 4.67. The smallest absolute Gasteiger partial charge is 0.258 e. The van der Waals surface area contributed by atoms with Crippen LogP contribution in [-0.4, -0.2) is 32.7 Å². The molecule has 162 valence electrons. The number of nitrogens with one attached hydrogen (secondary N) is 1. The molecule has 0 radical (unpaired) electrons. The second kappa shape index (κ2) is 8.91. The average molecular weight is 427 g/mol. The third kappa shape index (κ3) is 4.00. The van der Waals surface area contributed by atoms with E-state index in [4.69, 9.17) is 0 Å². The summed E-state index contributed by atoms with van der Waals surface area (Å²) >= 11 is 0. The van der Waals surface area contributed by atoms with Gasteiger partial charge in [0.2, 0.25) is 5.91 Å². The third-order valence-corrected chi connectivity index (χ3v) is 6.34. The van der Waals surface area contributed by atoms with Crippen molar-refractivity contribution in [2.45, 2.75) is 50.7 Å². The number of hydrogen-bond acceptors (Lipinski definition) is 4. The highest BCUT2D eigenvalue weighted by molar-refractivity contribution is 6.00. The molecule has 6 nitrogen and oxygen atoms in total. The fraction of sp³-hybridized carbons (Fsp3) is 0.308. The van der Waals surface area contributed by atoms with E-state index in [1.807, 2.05) is 60.7 Å². The standard InChI is InChI=1S/C26H26N4O2/c31-25(28-20-14-8-3-9-15-20)23(18-10-4-1-5-11-18)30-17-22-21(26(30)32)16-27-24(29-22)19-12-6-2-7-13-19/h1-2,4-7,10-13,16,20,23H,3,8-9,14-15,17H2,(H,28,31). The van der Waals surface area contributed by atoms with Crippen molar-refractivity contribution in [2.75, 3.05) is 0 Å². The van der Waals surface area contributed by atoms with Gasteiger partial charge in [-0.3, -0.25) is 9.59 Å². The van der Waals surface area contributed by atoms with Gasteiger partial charge in [0.25, 0.3) is 5.91 Å². The summed E-state index contributed by atoms with van der Waals surface area (Å²) in [7, 11) is 0. The Balaban J connectivity index is 1.44. The van der Waals surface area contributed by atoms with Gasteiger partial charge in [-0.2, -0.15) is 0 Å². The van der Waals surface area contributed by atoms with Crippen molar-refractivity contribution in [1.82, 2.24) is 20.2 Å². The summed E-state index contributed by atoms with van der Waals surface area (Å²) in [5.74, 6) is 0.259. The van der Waals surface area contributed by atoms with E-state index in [2.05, 4.69) is 15.3 Å². The number of amides is 2. The minimum absolute atomic E-state index is 0.125. The lowest BCUT2D eigenvalue weighted by molar-refractivity contribution is -0.127. The summed E-state index contributed by atoms with van der Waals surface area (Å²) in [4.78, 5) is 37.5. The van der Waals surface area contributed by atoms with Gasteiger partial charge in [-0.15, -0.1) is 0 Å². The van der Waals surface area contributed by atoms with Gasteiger partial charge in [-0.1, -0.05) is 79.9 Å². The predicted octanol–water partition coefficient (Wildman–Crippen LogP) is 4.29. The molecule has 1 aliphatic heterocycles. The summed E-state index contributed by atoms with van der Waals surface area (Å²) in [6, 6.07) is 18.7. The van der Waals surface area contributed by atoms with Gasteiger partial charge in [-0.25, -0.2) is 9.97 Å². The van der Waals surface area contributed by atoms with Crippen LogP contribution in [0.5, 0.6) is 0 Å². The zero-order valence-electron chi connectivity index (χ0n) is 17.9. The molecule has 32 heavy (non-hydrogen) atoms. The van der Waals surface area contributed by atoms with Crippen molar-refractivity contribution in [1.29, 1.82) is 0 Å². The Morgan fingerprint density at radius 2 is 1.66 bits per heavy atom. The first-order valence-corrected chi connectivity index (χ1v) is 11.3. The van der Waals surface area contributed by atoms with Crippen molar-refractivity contribution in [3.05, 3.63) is 83.7 Å². The number of carbonyl (C=O) groups is 2. The zero-order chi connectivity index (χ0) is 21.9. The van der Waals surface area contributed by atoms with Gasteiger partial charge in [-0.05, 0) is 18.4 Å². The van der Waals surface area contributed by atoms with Crippen molar-refractivity contribution in [2.24, 2.45) is 0 Å². The molecule has 2 heterocycles. The lowest BCUT2D eigenvalue weighted by atomic mass is 9.94. The van der Waals surface area contributed by atoms with Crippen LogP contribution in [-0.2, 0) is 11.3 Å². The van der Waals surface area contributed by atoms with E-state index in [9.17, 15) is 9.59 Å². The Morgan fingerprint density at radius 1 is 0.969 bits per heavy atom. The fourth-order valence-corrected chi connectivity index (χ4v) is 4.67. The Hall–Kier alpha value is -3.54. The SMILES string of the molecule is O=C(NC1CCCCC1)C(c1ccccc1)N1Cc2nc(-c3ccccc3)ncc2C1=O. The van der Waals surface area contributed by atoms with Crippen LogP contribution in [0.2, 0.25) is 0 Å². The Bertz CT molecular complexity index is 1110. The van der Waals surface area contributed by atoms with E-state index in [-0.39, 0.29) is 24.4 Å². The van der Waals surface area contributed by atoms with Crippen molar-refractivity contribution in [3.63, 3.8) is 0 Å². The van der Waals surface area contributed by atoms with Crippen LogP contribution >= 0.6 is 0 Å². The van der Waals surface area contributed by atoms with Crippen LogP contribution in [0.4, 0.5) is 0 Å². The molecule has 1 aromatic heterocycles.